The average Bonchev–Trinajstić information content (AvgIpc) is 2.44. The zero-order valence-electron chi connectivity index (χ0n) is 10.5. The molecular formula is C14H9Cl4NO2. The third kappa shape index (κ3) is 4.68. The Morgan fingerprint density at radius 2 is 1.67 bits per heavy atom. The van der Waals surface area contributed by atoms with E-state index in [1.54, 1.807) is 30.3 Å². The maximum atomic E-state index is 11.8. The Labute approximate surface area is 141 Å². The van der Waals surface area contributed by atoms with E-state index in [0.717, 1.165) is 0 Å². The van der Waals surface area contributed by atoms with E-state index >= 15 is 0 Å². The third-order valence-corrected chi connectivity index (χ3v) is 3.74. The van der Waals surface area contributed by atoms with Crippen LogP contribution in [0, 0.1) is 0 Å². The molecule has 110 valence electrons. The van der Waals surface area contributed by atoms with Crippen molar-refractivity contribution in [1.82, 2.24) is 0 Å². The molecule has 21 heavy (non-hydrogen) atoms. The molecule has 2 rings (SSSR count). The van der Waals surface area contributed by atoms with Crippen LogP contribution in [0.25, 0.3) is 0 Å². The largest absolute Gasteiger partial charge is 0.482 e. The molecule has 3 nitrogen and oxygen atoms in total. The minimum absolute atomic E-state index is 0.208. The molecule has 1 N–H and O–H groups in total. The molecule has 0 atom stereocenters. The summed E-state index contributed by atoms with van der Waals surface area (Å²) in [6.45, 7) is -0.208. The number of nitrogens with one attached hydrogen (secondary N) is 1. The molecule has 0 unspecified atom stereocenters. The summed E-state index contributed by atoms with van der Waals surface area (Å²) in [7, 11) is 0. The second kappa shape index (κ2) is 7.23. The normalized spacial score (nSPS) is 10.3. The van der Waals surface area contributed by atoms with Gasteiger partial charge in [-0.15, -0.1) is 0 Å². The lowest BCUT2D eigenvalue weighted by Crippen LogP contribution is -2.20. The molecule has 0 aromatic heterocycles. The molecule has 0 bridgehead atoms. The number of rotatable bonds is 4. The lowest BCUT2D eigenvalue weighted by molar-refractivity contribution is -0.118. The number of benzene rings is 2. The lowest BCUT2D eigenvalue weighted by Gasteiger charge is -2.09. The number of halogens is 4. The topological polar surface area (TPSA) is 38.3 Å². The molecule has 0 aliphatic heterocycles. The first-order chi connectivity index (χ1) is 9.95. The summed E-state index contributed by atoms with van der Waals surface area (Å²) >= 11 is 23.4. The van der Waals surface area contributed by atoms with E-state index in [2.05, 4.69) is 5.32 Å². The van der Waals surface area contributed by atoms with Gasteiger partial charge in [0.2, 0.25) is 0 Å². The van der Waals surface area contributed by atoms with Crippen molar-refractivity contribution in [3.8, 4) is 5.75 Å². The molecule has 0 heterocycles. The van der Waals surface area contributed by atoms with Crippen molar-refractivity contribution in [3.63, 3.8) is 0 Å². The van der Waals surface area contributed by atoms with Gasteiger partial charge in [-0.05, 0) is 30.3 Å². The molecule has 0 saturated heterocycles. The summed E-state index contributed by atoms with van der Waals surface area (Å²) in [6.07, 6.45) is 0. The molecule has 7 heteroatoms. The van der Waals surface area contributed by atoms with Crippen LogP contribution in [0.4, 0.5) is 5.69 Å². The molecule has 0 aliphatic rings. The van der Waals surface area contributed by atoms with Gasteiger partial charge in [-0.2, -0.15) is 0 Å². The summed E-state index contributed by atoms with van der Waals surface area (Å²) in [5, 5.41) is 4.25. The summed E-state index contributed by atoms with van der Waals surface area (Å²) in [5.41, 5.74) is 0.523. The van der Waals surface area contributed by atoms with E-state index in [0.29, 0.717) is 31.5 Å². The number of hydrogen-bond donors (Lipinski definition) is 1. The standard InChI is InChI=1S/C14H9Cl4NO2/c15-8-1-3-11(17)13(5-8)21-7-14(20)19-9-2-4-10(16)12(18)6-9/h1-6H,7H2,(H,19,20). The molecular weight excluding hydrogens is 356 g/mol. The van der Waals surface area contributed by atoms with Crippen LogP contribution in [0.2, 0.25) is 20.1 Å². The van der Waals surface area contributed by atoms with Crippen molar-refractivity contribution in [3.05, 3.63) is 56.5 Å². The van der Waals surface area contributed by atoms with Gasteiger partial charge < -0.3 is 10.1 Å². The molecule has 0 spiro atoms. The van der Waals surface area contributed by atoms with Gasteiger partial charge in [0, 0.05) is 16.8 Å². The Morgan fingerprint density at radius 3 is 2.38 bits per heavy atom. The van der Waals surface area contributed by atoms with Gasteiger partial charge in [0.1, 0.15) is 5.75 Å². The minimum Gasteiger partial charge on any atom is -0.482 e. The van der Waals surface area contributed by atoms with Crippen molar-refractivity contribution in [2.45, 2.75) is 0 Å². The van der Waals surface area contributed by atoms with E-state index in [1.165, 1.54) is 6.07 Å². The Kier molecular flexibility index (Phi) is 5.59. The predicted molar refractivity (Wildman–Crippen MR) is 87.0 cm³/mol. The van der Waals surface area contributed by atoms with E-state index in [-0.39, 0.29) is 12.5 Å². The molecule has 0 fully saturated rings. The van der Waals surface area contributed by atoms with Crippen LogP contribution in [0.15, 0.2) is 36.4 Å². The van der Waals surface area contributed by atoms with Crippen LogP contribution in [0.1, 0.15) is 0 Å². The monoisotopic (exact) mass is 363 g/mol. The Hall–Kier alpha value is -1.13. The summed E-state index contributed by atoms with van der Waals surface area (Å²) < 4.78 is 5.32. The number of carbonyl (C=O) groups is 1. The third-order valence-electron chi connectivity index (χ3n) is 2.46. The highest BCUT2D eigenvalue weighted by Gasteiger charge is 2.08. The number of amides is 1. The van der Waals surface area contributed by atoms with Crippen molar-refractivity contribution >= 4 is 58.0 Å². The molecule has 0 radical (unpaired) electrons. The van der Waals surface area contributed by atoms with Gasteiger partial charge in [0.15, 0.2) is 6.61 Å². The van der Waals surface area contributed by atoms with Gasteiger partial charge in [-0.25, -0.2) is 0 Å². The maximum Gasteiger partial charge on any atom is 0.262 e. The van der Waals surface area contributed by atoms with Crippen molar-refractivity contribution in [1.29, 1.82) is 0 Å². The zero-order valence-corrected chi connectivity index (χ0v) is 13.5. The van der Waals surface area contributed by atoms with Crippen LogP contribution >= 0.6 is 46.4 Å². The molecule has 2 aromatic rings. The number of anilines is 1. The maximum absolute atomic E-state index is 11.8. The van der Waals surface area contributed by atoms with E-state index in [1.807, 2.05) is 0 Å². The van der Waals surface area contributed by atoms with Gasteiger partial charge in [0.05, 0.1) is 15.1 Å². The van der Waals surface area contributed by atoms with Crippen LogP contribution < -0.4 is 10.1 Å². The zero-order chi connectivity index (χ0) is 15.4. The van der Waals surface area contributed by atoms with Crippen LogP contribution in [0.5, 0.6) is 5.75 Å². The van der Waals surface area contributed by atoms with Gasteiger partial charge in [-0.3, -0.25) is 4.79 Å². The SMILES string of the molecule is O=C(COc1cc(Cl)ccc1Cl)Nc1ccc(Cl)c(Cl)c1. The van der Waals surface area contributed by atoms with Gasteiger partial charge in [-0.1, -0.05) is 46.4 Å². The second-order valence-corrected chi connectivity index (χ2v) is 5.70. The summed E-state index contributed by atoms with van der Waals surface area (Å²) in [6, 6.07) is 9.54. The molecule has 0 saturated carbocycles. The summed E-state index contributed by atoms with van der Waals surface area (Å²) in [4.78, 5) is 11.8. The van der Waals surface area contributed by atoms with Crippen LogP contribution in [0.3, 0.4) is 0 Å². The van der Waals surface area contributed by atoms with Gasteiger partial charge in [0.25, 0.3) is 5.91 Å². The Morgan fingerprint density at radius 1 is 0.952 bits per heavy atom. The second-order valence-electron chi connectivity index (χ2n) is 4.04. The fourth-order valence-corrected chi connectivity index (χ4v) is 2.13. The first-order valence-electron chi connectivity index (χ1n) is 5.78. The van der Waals surface area contributed by atoms with Crippen molar-refractivity contribution < 1.29 is 9.53 Å². The highest BCUT2D eigenvalue weighted by atomic mass is 35.5. The minimum atomic E-state index is -0.357. The molecule has 2 aromatic carbocycles. The van der Waals surface area contributed by atoms with E-state index in [9.17, 15) is 4.79 Å². The fourth-order valence-electron chi connectivity index (χ4n) is 1.50. The predicted octanol–water partition coefficient (Wildman–Crippen LogP) is 5.32. The first kappa shape index (κ1) is 16.2. The number of ether oxygens (including phenoxy) is 1. The number of carbonyl (C=O) groups excluding carboxylic acids is 1. The van der Waals surface area contributed by atoms with E-state index < -0.39 is 0 Å². The Bertz CT molecular complexity index is 676. The van der Waals surface area contributed by atoms with E-state index in [4.69, 9.17) is 51.1 Å². The number of hydrogen-bond acceptors (Lipinski definition) is 2. The van der Waals surface area contributed by atoms with Gasteiger partial charge >= 0.3 is 0 Å². The lowest BCUT2D eigenvalue weighted by atomic mass is 10.3. The Balaban J connectivity index is 1.95. The first-order valence-corrected chi connectivity index (χ1v) is 7.29. The highest BCUT2D eigenvalue weighted by Crippen LogP contribution is 2.28. The highest BCUT2D eigenvalue weighted by molar-refractivity contribution is 6.42. The molecule has 0 aliphatic carbocycles. The van der Waals surface area contributed by atoms with Crippen molar-refractivity contribution in [2.24, 2.45) is 0 Å². The summed E-state index contributed by atoms with van der Waals surface area (Å²) in [5.74, 6) is -0.0158. The quantitative estimate of drug-likeness (QED) is 0.797. The smallest absolute Gasteiger partial charge is 0.262 e. The van der Waals surface area contributed by atoms with Crippen molar-refractivity contribution in [2.75, 3.05) is 11.9 Å². The molecule has 1 amide bonds. The van der Waals surface area contributed by atoms with Crippen LogP contribution in [-0.2, 0) is 4.79 Å². The average molecular weight is 365 g/mol. The fraction of sp³-hybridized carbons (Fsp3) is 0.0714. The van der Waals surface area contributed by atoms with Crippen LogP contribution in [-0.4, -0.2) is 12.5 Å².